The van der Waals surface area contributed by atoms with Gasteiger partial charge in [0, 0.05) is 17.5 Å². The van der Waals surface area contributed by atoms with Crippen molar-refractivity contribution >= 4 is 11.6 Å². The molecule has 0 aliphatic carbocycles. The van der Waals surface area contributed by atoms with Gasteiger partial charge in [-0.3, -0.25) is 0 Å². The highest BCUT2D eigenvalue weighted by atomic mass is 15.1. The molecule has 0 bridgehead atoms. The first-order chi connectivity index (χ1) is 9.79. The minimum absolute atomic E-state index is 0.124. The molecule has 1 heterocycles. The lowest BCUT2D eigenvalue weighted by atomic mass is 9.95. The number of nitrogen functional groups attached to an aromatic ring is 1. The Labute approximate surface area is 126 Å². The molecule has 3 N–H and O–H groups in total. The van der Waals surface area contributed by atoms with Crippen molar-refractivity contribution < 1.29 is 0 Å². The largest absolute Gasteiger partial charge is 0.383 e. The van der Waals surface area contributed by atoms with Gasteiger partial charge in [0.05, 0.1) is 0 Å². The zero-order chi connectivity index (χ0) is 15.6. The molecule has 0 aliphatic rings. The fraction of sp³-hybridized carbons (Fsp3) is 0.412. The summed E-state index contributed by atoms with van der Waals surface area (Å²) in [5, 5.41) is 3.39. The predicted octanol–water partition coefficient (Wildman–Crippen LogP) is 3.59. The summed E-state index contributed by atoms with van der Waals surface area (Å²) in [6.07, 6.45) is 0. The van der Waals surface area contributed by atoms with Crippen molar-refractivity contribution in [2.75, 3.05) is 11.1 Å². The average Bonchev–Trinajstić information content (AvgIpc) is 2.40. The smallest absolute Gasteiger partial charge is 0.138 e. The highest BCUT2D eigenvalue weighted by molar-refractivity contribution is 5.55. The van der Waals surface area contributed by atoms with E-state index >= 15 is 0 Å². The van der Waals surface area contributed by atoms with Gasteiger partial charge in [0.15, 0.2) is 0 Å². The molecule has 0 amide bonds. The van der Waals surface area contributed by atoms with Crippen molar-refractivity contribution in [3.63, 3.8) is 0 Å². The van der Waals surface area contributed by atoms with Crippen LogP contribution in [0.4, 0.5) is 11.6 Å². The standard InChI is InChI=1S/C17H24N4/c1-11-8-6-7-9-13(11)10-19-15-12(2)14(18)20-16(21-15)17(3,4)5/h6-9H,10H2,1-5H3,(H3,18,19,20,21). The molecule has 0 aliphatic heterocycles. The number of aryl methyl sites for hydroxylation is 1. The van der Waals surface area contributed by atoms with E-state index in [1.807, 2.05) is 19.1 Å². The van der Waals surface area contributed by atoms with Crippen LogP contribution in [0.15, 0.2) is 24.3 Å². The van der Waals surface area contributed by atoms with Crippen LogP contribution in [0.1, 0.15) is 43.3 Å². The SMILES string of the molecule is Cc1ccccc1CNc1nc(C(C)(C)C)nc(N)c1C. The van der Waals surface area contributed by atoms with Crippen molar-refractivity contribution in [1.29, 1.82) is 0 Å². The Morgan fingerprint density at radius 3 is 2.38 bits per heavy atom. The van der Waals surface area contributed by atoms with Crippen molar-refractivity contribution in [2.45, 2.75) is 46.6 Å². The minimum Gasteiger partial charge on any atom is -0.383 e. The molecular formula is C17H24N4. The highest BCUT2D eigenvalue weighted by Crippen LogP contribution is 2.25. The Kier molecular flexibility index (Phi) is 4.16. The molecule has 0 spiro atoms. The summed E-state index contributed by atoms with van der Waals surface area (Å²) >= 11 is 0. The lowest BCUT2D eigenvalue weighted by Crippen LogP contribution is -2.19. The summed E-state index contributed by atoms with van der Waals surface area (Å²) in [5.41, 5.74) is 9.32. The number of anilines is 2. The lowest BCUT2D eigenvalue weighted by molar-refractivity contribution is 0.546. The number of nitrogens with two attached hydrogens (primary N) is 1. The van der Waals surface area contributed by atoms with E-state index in [9.17, 15) is 0 Å². The Balaban J connectivity index is 2.28. The number of nitrogens with zero attached hydrogens (tertiary/aromatic N) is 2. The van der Waals surface area contributed by atoms with Gasteiger partial charge in [0.2, 0.25) is 0 Å². The summed E-state index contributed by atoms with van der Waals surface area (Å²) in [5.74, 6) is 2.12. The zero-order valence-corrected chi connectivity index (χ0v) is 13.5. The van der Waals surface area contributed by atoms with Crippen LogP contribution in [0.2, 0.25) is 0 Å². The Hall–Kier alpha value is -2.10. The van der Waals surface area contributed by atoms with Gasteiger partial charge in [-0.25, -0.2) is 9.97 Å². The van der Waals surface area contributed by atoms with Crippen LogP contribution in [0.5, 0.6) is 0 Å². The van der Waals surface area contributed by atoms with E-state index in [0.717, 1.165) is 23.8 Å². The number of hydrogen-bond donors (Lipinski definition) is 2. The van der Waals surface area contributed by atoms with Gasteiger partial charge >= 0.3 is 0 Å². The number of nitrogens with one attached hydrogen (secondary N) is 1. The molecule has 0 saturated heterocycles. The average molecular weight is 284 g/mol. The fourth-order valence-electron chi connectivity index (χ4n) is 2.03. The summed E-state index contributed by atoms with van der Waals surface area (Å²) in [7, 11) is 0. The van der Waals surface area contributed by atoms with E-state index in [1.54, 1.807) is 0 Å². The third kappa shape index (κ3) is 3.51. The van der Waals surface area contributed by atoms with Crippen molar-refractivity contribution in [2.24, 2.45) is 0 Å². The summed E-state index contributed by atoms with van der Waals surface area (Å²) < 4.78 is 0. The third-order valence-corrected chi connectivity index (χ3v) is 3.56. The van der Waals surface area contributed by atoms with Gasteiger partial charge in [-0.05, 0) is 25.0 Å². The quantitative estimate of drug-likeness (QED) is 0.904. The first kappa shape index (κ1) is 15.3. The van der Waals surface area contributed by atoms with Gasteiger partial charge < -0.3 is 11.1 Å². The van der Waals surface area contributed by atoms with Crippen LogP contribution in [0, 0.1) is 13.8 Å². The topological polar surface area (TPSA) is 63.8 Å². The van der Waals surface area contributed by atoms with Crippen LogP contribution in [0.3, 0.4) is 0 Å². The van der Waals surface area contributed by atoms with E-state index in [-0.39, 0.29) is 5.41 Å². The fourth-order valence-corrected chi connectivity index (χ4v) is 2.03. The molecule has 4 nitrogen and oxygen atoms in total. The van der Waals surface area contributed by atoms with Crippen LogP contribution in [-0.4, -0.2) is 9.97 Å². The molecule has 2 rings (SSSR count). The molecule has 1 aromatic heterocycles. The maximum absolute atomic E-state index is 6.03. The summed E-state index contributed by atoms with van der Waals surface area (Å²) in [4.78, 5) is 9.05. The molecule has 0 unspecified atom stereocenters. The molecule has 0 saturated carbocycles. The second kappa shape index (κ2) is 5.72. The molecule has 4 heteroatoms. The highest BCUT2D eigenvalue weighted by Gasteiger charge is 2.20. The molecule has 0 atom stereocenters. The molecule has 0 radical (unpaired) electrons. The van der Waals surface area contributed by atoms with Crippen LogP contribution in [-0.2, 0) is 12.0 Å². The maximum Gasteiger partial charge on any atom is 0.138 e. The van der Waals surface area contributed by atoms with E-state index in [0.29, 0.717) is 5.82 Å². The summed E-state index contributed by atoms with van der Waals surface area (Å²) in [6, 6.07) is 8.32. The van der Waals surface area contributed by atoms with Gasteiger partial charge in [-0.15, -0.1) is 0 Å². The van der Waals surface area contributed by atoms with Crippen molar-refractivity contribution in [3.05, 3.63) is 46.8 Å². The van der Waals surface area contributed by atoms with Crippen molar-refractivity contribution in [3.8, 4) is 0 Å². The first-order valence-electron chi connectivity index (χ1n) is 7.22. The Morgan fingerprint density at radius 2 is 1.76 bits per heavy atom. The van der Waals surface area contributed by atoms with Gasteiger partial charge in [-0.1, -0.05) is 45.0 Å². The Bertz CT molecular complexity index is 642. The van der Waals surface area contributed by atoms with E-state index in [1.165, 1.54) is 11.1 Å². The van der Waals surface area contributed by atoms with Gasteiger partial charge in [0.25, 0.3) is 0 Å². The molecular weight excluding hydrogens is 260 g/mol. The molecule has 21 heavy (non-hydrogen) atoms. The van der Waals surface area contributed by atoms with Gasteiger partial charge in [-0.2, -0.15) is 0 Å². The van der Waals surface area contributed by atoms with Crippen LogP contribution >= 0.6 is 0 Å². The van der Waals surface area contributed by atoms with E-state index in [4.69, 9.17) is 5.73 Å². The Morgan fingerprint density at radius 1 is 1.10 bits per heavy atom. The second-order valence-electron chi connectivity index (χ2n) is 6.44. The molecule has 2 aromatic rings. The third-order valence-electron chi connectivity index (χ3n) is 3.56. The first-order valence-corrected chi connectivity index (χ1v) is 7.22. The van der Waals surface area contributed by atoms with Crippen LogP contribution in [0.25, 0.3) is 0 Å². The maximum atomic E-state index is 6.03. The molecule has 112 valence electrons. The second-order valence-corrected chi connectivity index (χ2v) is 6.44. The van der Waals surface area contributed by atoms with E-state index < -0.39 is 0 Å². The van der Waals surface area contributed by atoms with Crippen molar-refractivity contribution in [1.82, 2.24) is 9.97 Å². The normalized spacial score (nSPS) is 11.5. The molecule has 1 aromatic carbocycles. The monoisotopic (exact) mass is 284 g/mol. The summed E-state index contributed by atoms with van der Waals surface area (Å²) in [6.45, 7) is 11.0. The predicted molar refractivity (Wildman–Crippen MR) is 88.4 cm³/mol. The number of benzene rings is 1. The minimum atomic E-state index is -0.124. The number of hydrogen-bond acceptors (Lipinski definition) is 4. The zero-order valence-electron chi connectivity index (χ0n) is 13.5. The number of rotatable bonds is 3. The lowest BCUT2D eigenvalue weighted by Gasteiger charge is -2.20. The molecule has 0 fully saturated rings. The number of aromatic nitrogens is 2. The van der Waals surface area contributed by atoms with Crippen LogP contribution < -0.4 is 11.1 Å². The van der Waals surface area contributed by atoms with E-state index in [2.05, 4.69) is 55.1 Å². The van der Waals surface area contributed by atoms with Gasteiger partial charge in [0.1, 0.15) is 17.5 Å².